The summed E-state index contributed by atoms with van der Waals surface area (Å²) in [5.41, 5.74) is 3.65. The molecule has 1 aromatic rings. The van der Waals surface area contributed by atoms with E-state index in [1.165, 1.54) is 0 Å². The molecule has 0 radical (unpaired) electrons. The number of hydrogen-bond acceptors (Lipinski definition) is 2. The molecule has 0 unspecified atom stereocenters. The van der Waals surface area contributed by atoms with Crippen LogP contribution >= 0.6 is 0 Å². The number of fused-ring (bicyclic) bond motifs is 1. The summed E-state index contributed by atoms with van der Waals surface area (Å²) in [6.07, 6.45) is 0. The lowest BCUT2D eigenvalue weighted by Crippen LogP contribution is -2.13. The van der Waals surface area contributed by atoms with E-state index < -0.39 is 0 Å². The van der Waals surface area contributed by atoms with Gasteiger partial charge in [-0.3, -0.25) is 9.78 Å². The van der Waals surface area contributed by atoms with Crippen LogP contribution in [0.15, 0.2) is 6.07 Å². The minimum atomic E-state index is 0.00926. The van der Waals surface area contributed by atoms with E-state index in [-0.39, 0.29) is 5.91 Å². The van der Waals surface area contributed by atoms with Crippen molar-refractivity contribution in [2.24, 2.45) is 0 Å². The summed E-state index contributed by atoms with van der Waals surface area (Å²) < 4.78 is 0. The van der Waals surface area contributed by atoms with Crippen molar-refractivity contribution in [2.45, 2.75) is 20.4 Å². The molecule has 3 heteroatoms. The van der Waals surface area contributed by atoms with Gasteiger partial charge in [0.05, 0.1) is 11.3 Å². The number of pyridine rings is 1. The van der Waals surface area contributed by atoms with Crippen LogP contribution in [-0.4, -0.2) is 10.9 Å². The molecule has 2 rings (SSSR count). The molecule has 1 N–H and O–H groups in total. The van der Waals surface area contributed by atoms with Crippen molar-refractivity contribution in [2.75, 3.05) is 0 Å². The van der Waals surface area contributed by atoms with Crippen molar-refractivity contribution in [3.8, 4) is 0 Å². The Bertz CT molecular complexity index is 358. The highest BCUT2D eigenvalue weighted by atomic mass is 16.1. The van der Waals surface area contributed by atoms with E-state index in [9.17, 15) is 4.79 Å². The third-order valence-corrected chi connectivity index (χ3v) is 2.08. The van der Waals surface area contributed by atoms with Crippen molar-refractivity contribution in [1.29, 1.82) is 0 Å². The highest BCUT2D eigenvalue weighted by Crippen LogP contribution is 2.18. The van der Waals surface area contributed by atoms with Gasteiger partial charge in [-0.15, -0.1) is 0 Å². The Morgan fingerprint density at radius 1 is 1.50 bits per heavy atom. The fourth-order valence-corrected chi connectivity index (χ4v) is 1.62. The average Bonchev–Trinajstić information content (AvgIpc) is 2.31. The van der Waals surface area contributed by atoms with Gasteiger partial charge in [-0.25, -0.2) is 0 Å². The number of carbonyl (C=O) groups excluding carboxylic acids is 1. The van der Waals surface area contributed by atoms with Crippen LogP contribution in [0.25, 0.3) is 0 Å². The summed E-state index contributed by atoms with van der Waals surface area (Å²) in [5, 5.41) is 2.77. The normalized spacial score (nSPS) is 14.3. The van der Waals surface area contributed by atoms with Crippen molar-refractivity contribution in [3.63, 3.8) is 0 Å². The van der Waals surface area contributed by atoms with Crippen LogP contribution in [0.1, 0.15) is 27.3 Å². The zero-order valence-electron chi connectivity index (χ0n) is 7.14. The van der Waals surface area contributed by atoms with Crippen molar-refractivity contribution in [1.82, 2.24) is 10.3 Å². The minimum Gasteiger partial charge on any atom is -0.348 e. The number of aryl methyl sites for hydroxylation is 2. The minimum absolute atomic E-state index is 0.00926. The first-order chi connectivity index (χ1) is 5.68. The van der Waals surface area contributed by atoms with Gasteiger partial charge in [0.25, 0.3) is 5.91 Å². The Kier molecular flexibility index (Phi) is 1.40. The van der Waals surface area contributed by atoms with Crippen LogP contribution in [0.4, 0.5) is 0 Å². The van der Waals surface area contributed by atoms with Crippen molar-refractivity contribution >= 4 is 5.91 Å². The summed E-state index contributed by atoms with van der Waals surface area (Å²) in [6.45, 7) is 4.46. The van der Waals surface area contributed by atoms with E-state index in [0.29, 0.717) is 6.54 Å². The molecule has 3 nitrogen and oxygen atoms in total. The number of hydrogen-bond donors (Lipinski definition) is 1. The molecule has 0 atom stereocenters. The fraction of sp³-hybridized carbons (Fsp3) is 0.333. The molecule has 0 aliphatic carbocycles. The second kappa shape index (κ2) is 2.30. The first-order valence-corrected chi connectivity index (χ1v) is 3.94. The van der Waals surface area contributed by atoms with E-state index in [1.54, 1.807) is 0 Å². The molecule has 0 saturated heterocycles. The maximum atomic E-state index is 11.2. The SMILES string of the molecule is Cc1cc2c(c(C)n1)C(=O)NC2. The van der Waals surface area contributed by atoms with Gasteiger partial charge in [0.2, 0.25) is 0 Å². The Balaban J connectivity index is 2.68. The lowest BCUT2D eigenvalue weighted by atomic mass is 10.1. The monoisotopic (exact) mass is 162 g/mol. The maximum absolute atomic E-state index is 11.2. The second-order valence-electron chi connectivity index (χ2n) is 3.07. The fourth-order valence-electron chi connectivity index (χ4n) is 1.62. The average molecular weight is 162 g/mol. The van der Waals surface area contributed by atoms with Gasteiger partial charge in [-0.2, -0.15) is 0 Å². The Labute approximate surface area is 70.8 Å². The van der Waals surface area contributed by atoms with Gasteiger partial charge in [-0.05, 0) is 25.5 Å². The van der Waals surface area contributed by atoms with E-state index in [2.05, 4.69) is 10.3 Å². The topological polar surface area (TPSA) is 42.0 Å². The highest BCUT2D eigenvalue weighted by Gasteiger charge is 2.21. The molecular formula is C9H10N2O. The van der Waals surface area contributed by atoms with Crippen LogP contribution in [-0.2, 0) is 6.54 Å². The van der Waals surface area contributed by atoms with E-state index in [4.69, 9.17) is 0 Å². The van der Waals surface area contributed by atoms with Crippen molar-refractivity contribution < 1.29 is 4.79 Å². The molecule has 0 spiro atoms. The summed E-state index contributed by atoms with van der Waals surface area (Å²) in [7, 11) is 0. The number of amides is 1. The molecule has 0 fully saturated rings. The number of carbonyl (C=O) groups is 1. The van der Waals surface area contributed by atoms with Gasteiger partial charge < -0.3 is 5.32 Å². The highest BCUT2D eigenvalue weighted by molar-refractivity contribution is 5.99. The summed E-state index contributed by atoms with van der Waals surface area (Å²) >= 11 is 0. The lowest BCUT2D eigenvalue weighted by Gasteiger charge is -2.01. The number of nitrogens with one attached hydrogen (secondary N) is 1. The van der Waals surface area contributed by atoms with E-state index >= 15 is 0 Å². The lowest BCUT2D eigenvalue weighted by molar-refractivity contribution is 0.0965. The smallest absolute Gasteiger partial charge is 0.253 e. The predicted molar refractivity (Wildman–Crippen MR) is 44.9 cm³/mol. The van der Waals surface area contributed by atoms with E-state index in [0.717, 1.165) is 22.5 Å². The van der Waals surface area contributed by atoms with Crippen molar-refractivity contribution in [3.05, 3.63) is 28.6 Å². The molecule has 0 bridgehead atoms. The summed E-state index contributed by atoms with van der Waals surface area (Å²) in [5.74, 6) is 0.00926. The second-order valence-corrected chi connectivity index (χ2v) is 3.07. The van der Waals surface area contributed by atoms with Gasteiger partial charge in [0.1, 0.15) is 0 Å². The zero-order valence-corrected chi connectivity index (χ0v) is 7.14. The van der Waals surface area contributed by atoms with Gasteiger partial charge in [0.15, 0.2) is 0 Å². The molecule has 12 heavy (non-hydrogen) atoms. The van der Waals surface area contributed by atoms with Gasteiger partial charge in [0, 0.05) is 12.2 Å². The van der Waals surface area contributed by atoms with Gasteiger partial charge in [-0.1, -0.05) is 0 Å². The van der Waals surface area contributed by atoms with Crippen LogP contribution in [0.2, 0.25) is 0 Å². The third kappa shape index (κ3) is 0.897. The zero-order chi connectivity index (χ0) is 8.72. The molecule has 1 aliphatic heterocycles. The molecule has 62 valence electrons. The molecule has 1 aliphatic rings. The molecular weight excluding hydrogens is 152 g/mol. The predicted octanol–water partition coefficient (Wildman–Crippen LogP) is 0.942. The Hall–Kier alpha value is -1.38. The summed E-state index contributed by atoms with van der Waals surface area (Å²) in [4.78, 5) is 15.5. The molecule has 0 aromatic carbocycles. The number of nitrogens with zero attached hydrogens (tertiary/aromatic N) is 1. The van der Waals surface area contributed by atoms with Crippen LogP contribution < -0.4 is 5.32 Å². The summed E-state index contributed by atoms with van der Waals surface area (Å²) in [6, 6.07) is 1.96. The number of aromatic nitrogens is 1. The van der Waals surface area contributed by atoms with Crippen LogP contribution in [0.5, 0.6) is 0 Å². The third-order valence-electron chi connectivity index (χ3n) is 2.08. The Morgan fingerprint density at radius 2 is 2.25 bits per heavy atom. The molecule has 2 heterocycles. The standard InChI is InChI=1S/C9H10N2O/c1-5-3-7-4-10-9(12)8(7)6(2)11-5/h3H,4H2,1-2H3,(H,10,12). The Morgan fingerprint density at radius 3 is 3.00 bits per heavy atom. The molecule has 1 aromatic heterocycles. The van der Waals surface area contributed by atoms with Crippen LogP contribution in [0.3, 0.4) is 0 Å². The van der Waals surface area contributed by atoms with E-state index in [1.807, 2.05) is 19.9 Å². The first-order valence-electron chi connectivity index (χ1n) is 3.94. The quantitative estimate of drug-likeness (QED) is 0.617. The number of rotatable bonds is 0. The van der Waals surface area contributed by atoms with Gasteiger partial charge >= 0.3 is 0 Å². The largest absolute Gasteiger partial charge is 0.348 e. The first kappa shape index (κ1) is 7.28. The maximum Gasteiger partial charge on any atom is 0.253 e. The van der Waals surface area contributed by atoms with Crippen LogP contribution in [0, 0.1) is 13.8 Å². The molecule has 1 amide bonds. The molecule has 0 saturated carbocycles.